The van der Waals surface area contributed by atoms with Gasteiger partial charge in [-0.15, -0.1) is 11.3 Å². The number of sulfone groups is 1. The van der Waals surface area contributed by atoms with Gasteiger partial charge in [-0.1, -0.05) is 0 Å². The number of hydrogen-bond donors (Lipinski definition) is 0. The molecular weight excluding hydrogens is 352 g/mol. The molecule has 0 spiro atoms. The molecule has 0 fully saturated rings. The van der Waals surface area contributed by atoms with Gasteiger partial charge in [0, 0.05) is 18.0 Å². The van der Waals surface area contributed by atoms with Crippen LogP contribution in [0.25, 0.3) is 10.6 Å². The Kier molecular flexibility index (Phi) is 3.50. The maximum absolute atomic E-state index is 12.4. The average Bonchev–Trinajstić information content (AvgIpc) is 3.25. The summed E-state index contributed by atoms with van der Waals surface area (Å²) in [4.78, 5) is 8.21. The van der Waals surface area contributed by atoms with Crippen LogP contribution in [0.4, 0.5) is 0 Å². The fourth-order valence-corrected chi connectivity index (χ4v) is 4.61. The van der Waals surface area contributed by atoms with E-state index in [0.717, 1.165) is 10.6 Å². The van der Waals surface area contributed by atoms with E-state index in [1.54, 1.807) is 12.4 Å². The van der Waals surface area contributed by atoms with E-state index >= 15 is 0 Å². The Balaban J connectivity index is 1.60. The van der Waals surface area contributed by atoms with Crippen LogP contribution in [-0.2, 0) is 22.6 Å². The van der Waals surface area contributed by atoms with Crippen LogP contribution >= 0.6 is 11.3 Å². The molecule has 10 heteroatoms. The first-order valence-corrected chi connectivity index (χ1v) is 9.47. The van der Waals surface area contributed by atoms with Gasteiger partial charge in [0.05, 0.1) is 5.69 Å². The second kappa shape index (κ2) is 5.56. The molecule has 1 aliphatic heterocycles. The van der Waals surface area contributed by atoms with E-state index in [9.17, 15) is 8.42 Å². The molecule has 0 N–H and O–H groups in total. The lowest BCUT2D eigenvalue weighted by molar-refractivity contribution is 0.174. The van der Waals surface area contributed by atoms with Gasteiger partial charge in [0.15, 0.2) is 11.5 Å². The molecule has 0 bridgehead atoms. The monoisotopic (exact) mass is 364 g/mol. The largest absolute Gasteiger partial charge is 0.454 e. The van der Waals surface area contributed by atoms with Crippen LogP contribution in [-0.4, -0.2) is 35.0 Å². The number of nitrogens with zero attached hydrogens (tertiary/aromatic N) is 4. The van der Waals surface area contributed by atoms with E-state index in [1.807, 2.05) is 18.2 Å². The predicted molar refractivity (Wildman–Crippen MR) is 85.6 cm³/mol. The summed E-state index contributed by atoms with van der Waals surface area (Å²) in [5, 5.41) is 6.17. The molecular formula is C14H12N4O4S2. The van der Waals surface area contributed by atoms with Crippen molar-refractivity contribution in [2.24, 2.45) is 7.05 Å². The zero-order valence-electron chi connectivity index (χ0n) is 12.5. The number of aryl methyl sites for hydroxylation is 1. The standard InChI is InChI=1S/C14H12N4O4S2/c1-18-14(15-7-16-18)24(19,20)6-10-5-23-13(17-10)9-2-3-11-12(4-9)22-8-21-11/h2-5,7H,6,8H2,1H3. The molecule has 0 radical (unpaired) electrons. The van der Waals surface area contributed by atoms with E-state index in [0.29, 0.717) is 17.2 Å². The average molecular weight is 364 g/mol. The summed E-state index contributed by atoms with van der Waals surface area (Å²) < 4.78 is 36.6. The topological polar surface area (TPSA) is 96.2 Å². The number of hydrogen-bond acceptors (Lipinski definition) is 8. The normalized spacial score (nSPS) is 13.4. The summed E-state index contributed by atoms with van der Waals surface area (Å²) in [7, 11) is -2.05. The zero-order chi connectivity index (χ0) is 16.7. The van der Waals surface area contributed by atoms with Gasteiger partial charge in [0.25, 0.3) is 0 Å². The quantitative estimate of drug-likeness (QED) is 0.694. The Morgan fingerprint density at radius 2 is 2.12 bits per heavy atom. The van der Waals surface area contributed by atoms with Crippen LogP contribution < -0.4 is 9.47 Å². The van der Waals surface area contributed by atoms with Gasteiger partial charge in [-0.05, 0) is 18.2 Å². The molecule has 0 saturated carbocycles. The van der Waals surface area contributed by atoms with Crippen molar-refractivity contribution in [3.63, 3.8) is 0 Å². The summed E-state index contributed by atoms with van der Waals surface area (Å²) in [6.07, 6.45) is 1.21. The fourth-order valence-electron chi connectivity index (χ4n) is 2.36. The number of fused-ring (bicyclic) bond motifs is 1. The Morgan fingerprint density at radius 1 is 1.29 bits per heavy atom. The Hall–Kier alpha value is -2.46. The summed E-state index contributed by atoms with van der Waals surface area (Å²) in [5.41, 5.74) is 1.32. The highest BCUT2D eigenvalue weighted by Crippen LogP contribution is 2.36. The second-order valence-electron chi connectivity index (χ2n) is 5.14. The van der Waals surface area contributed by atoms with Crippen molar-refractivity contribution in [3.8, 4) is 22.1 Å². The highest BCUT2D eigenvalue weighted by molar-refractivity contribution is 7.90. The van der Waals surface area contributed by atoms with Crippen LogP contribution in [0.15, 0.2) is 35.1 Å². The minimum absolute atomic E-state index is 0.0693. The fraction of sp³-hybridized carbons (Fsp3) is 0.214. The number of ether oxygens (including phenoxy) is 2. The molecule has 0 unspecified atom stereocenters. The maximum atomic E-state index is 12.4. The maximum Gasteiger partial charge on any atom is 0.245 e. The van der Waals surface area contributed by atoms with Crippen molar-refractivity contribution in [1.82, 2.24) is 19.7 Å². The molecule has 1 aliphatic rings. The van der Waals surface area contributed by atoms with Crippen LogP contribution in [0.5, 0.6) is 11.5 Å². The van der Waals surface area contributed by atoms with Crippen LogP contribution in [0.1, 0.15) is 5.69 Å². The first kappa shape index (κ1) is 15.1. The highest BCUT2D eigenvalue weighted by atomic mass is 32.2. The van der Waals surface area contributed by atoms with Crippen molar-refractivity contribution in [1.29, 1.82) is 0 Å². The van der Waals surface area contributed by atoms with Crippen LogP contribution in [0.2, 0.25) is 0 Å². The minimum atomic E-state index is -3.59. The first-order chi connectivity index (χ1) is 11.5. The summed E-state index contributed by atoms with van der Waals surface area (Å²) in [6, 6.07) is 5.52. The van der Waals surface area contributed by atoms with Gasteiger partial charge in [-0.3, -0.25) is 0 Å². The van der Waals surface area contributed by atoms with E-state index in [-0.39, 0.29) is 17.7 Å². The van der Waals surface area contributed by atoms with E-state index < -0.39 is 9.84 Å². The van der Waals surface area contributed by atoms with Crippen molar-refractivity contribution in [2.75, 3.05) is 6.79 Å². The number of aromatic nitrogens is 4. The van der Waals surface area contributed by atoms with Gasteiger partial charge in [-0.25, -0.2) is 23.1 Å². The van der Waals surface area contributed by atoms with Crippen molar-refractivity contribution >= 4 is 21.2 Å². The smallest absolute Gasteiger partial charge is 0.245 e. The molecule has 2 aromatic heterocycles. The second-order valence-corrected chi connectivity index (χ2v) is 7.88. The third-order valence-corrected chi connectivity index (χ3v) is 6.00. The molecule has 24 heavy (non-hydrogen) atoms. The summed E-state index contributed by atoms with van der Waals surface area (Å²) >= 11 is 1.38. The Labute approximate surface area is 141 Å². The third-order valence-electron chi connectivity index (χ3n) is 3.46. The molecule has 1 aromatic carbocycles. The van der Waals surface area contributed by atoms with Crippen molar-refractivity contribution in [3.05, 3.63) is 35.6 Å². The van der Waals surface area contributed by atoms with Gasteiger partial charge in [0.2, 0.25) is 21.8 Å². The van der Waals surface area contributed by atoms with Crippen molar-refractivity contribution < 1.29 is 17.9 Å². The van der Waals surface area contributed by atoms with Crippen LogP contribution in [0, 0.1) is 0 Å². The number of thiazole rings is 1. The van der Waals surface area contributed by atoms with E-state index in [4.69, 9.17) is 9.47 Å². The lowest BCUT2D eigenvalue weighted by Crippen LogP contribution is -2.11. The molecule has 124 valence electrons. The molecule has 3 heterocycles. The number of rotatable bonds is 4. The molecule has 0 amide bonds. The van der Waals surface area contributed by atoms with E-state index in [2.05, 4.69) is 15.1 Å². The van der Waals surface area contributed by atoms with Crippen molar-refractivity contribution in [2.45, 2.75) is 10.9 Å². The van der Waals surface area contributed by atoms with Gasteiger partial charge >= 0.3 is 0 Å². The first-order valence-electron chi connectivity index (χ1n) is 6.94. The molecule has 0 atom stereocenters. The highest BCUT2D eigenvalue weighted by Gasteiger charge is 2.23. The lowest BCUT2D eigenvalue weighted by Gasteiger charge is -2.01. The molecule has 0 aliphatic carbocycles. The molecule has 0 saturated heterocycles. The van der Waals surface area contributed by atoms with Crippen LogP contribution in [0.3, 0.4) is 0 Å². The summed E-state index contributed by atoms with van der Waals surface area (Å²) in [5.74, 6) is 1.14. The Morgan fingerprint density at radius 3 is 2.92 bits per heavy atom. The molecule has 4 rings (SSSR count). The summed E-state index contributed by atoms with van der Waals surface area (Å²) in [6.45, 7) is 0.206. The van der Waals surface area contributed by atoms with E-state index in [1.165, 1.54) is 22.3 Å². The Bertz CT molecular complexity index is 1010. The lowest BCUT2D eigenvalue weighted by atomic mass is 10.2. The third kappa shape index (κ3) is 2.63. The van der Waals surface area contributed by atoms with Gasteiger partial charge in [0.1, 0.15) is 17.1 Å². The van der Waals surface area contributed by atoms with Gasteiger partial charge < -0.3 is 9.47 Å². The molecule has 8 nitrogen and oxygen atoms in total. The predicted octanol–water partition coefficient (Wildman–Crippen LogP) is 1.64. The number of benzene rings is 1. The zero-order valence-corrected chi connectivity index (χ0v) is 14.2. The van der Waals surface area contributed by atoms with Gasteiger partial charge in [-0.2, -0.15) is 5.10 Å². The SMILES string of the molecule is Cn1ncnc1S(=O)(=O)Cc1csc(-c2ccc3c(c2)OCO3)n1. The minimum Gasteiger partial charge on any atom is -0.454 e. The molecule has 3 aromatic rings.